The predicted octanol–water partition coefficient (Wildman–Crippen LogP) is 4.58. The Morgan fingerprint density at radius 2 is 1.66 bits per heavy atom. The van der Waals surface area contributed by atoms with Crippen molar-refractivity contribution in [3.05, 3.63) is 77.5 Å². The van der Waals surface area contributed by atoms with Gasteiger partial charge in [-0.1, -0.05) is 50.8 Å². The number of aryl methyl sites for hydroxylation is 2. The van der Waals surface area contributed by atoms with Crippen molar-refractivity contribution in [1.29, 1.82) is 0 Å². The second-order valence-corrected chi connectivity index (χ2v) is 6.56. The number of hydrogen-bond donors (Lipinski definition) is 2. The van der Waals surface area contributed by atoms with Crippen molar-refractivity contribution < 1.29 is 4.79 Å². The number of hydrogen-bond acceptors (Lipinski definition) is 4. The van der Waals surface area contributed by atoms with Gasteiger partial charge in [-0.2, -0.15) is 5.10 Å². The molecule has 29 heavy (non-hydrogen) atoms. The molecule has 0 unspecified atom stereocenters. The number of anilines is 1. The van der Waals surface area contributed by atoms with Gasteiger partial charge in [0.05, 0.1) is 5.69 Å². The summed E-state index contributed by atoms with van der Waals surface area (Å²) in [5.74, 6) is 0.551. The molecule has 5 nitrogen and oxygen atoms in total. The van der Waals surface area contributed by atoms with Crippen LogP contribution in [-0.4, -0.2) is 29.2 Å². The van der Waals surface area contributed by atoms with Crippen molar-refractivity contribution in [3.63, 3.8) is 0 Å². The van der Waals surface area contributed by atoms with Crippen molar-refractivity contribution in [2.24, 2.45) is 0 Å². The average molecular weight is 391 g/mol. The summed E-state index contributed by atoms with van der Waals surface area (Å²) in [6.07, 6.45) is 2.00. The average Bonchev–Trinajstić information content (AvgIpc) is 2.75. The summed E-state index contributed by atoms with van der Waals surface area (Å²) in [6.45, 7) is 12.7. The summed E-state index contributed by atoms with van der Waals surface area (Å²) in [7, 11) is 0. The van der Waals surface area contributed by atoms with E-state index in [1.54, 1.807) is 0 Å². The highest BCUT2D eigenvalue weighted by molar-refractivity contribution is 5.94. The topological polar surface area (TPSA) is 66.9 Å². The maximum atomic E-state index is 11.3. The van der Waals surface area contributed by atoms with E-state index in [0.717, 1.165) is 28.7 Å². The zero-order valence-corrected chi connectivity index (χ0v) is 17.7. The summed E-state index contributed by atoms with van der Waals surface area (Å²) in [5.41, 5.74) is 4.61. The summed E-state index contributed by atoms with van der Waals surface area (Å²) in [4.78, 5) is 11.3. The van der Waals surface area contributed by atoms with Crippen LogP contribution in [-0.2, 0) is 11.2 Å². The highest BCUT2D eigenvalue weighted by Crippen LogP contribution is 2.27. The lowest BCUT2D eigenvalue weighted by atomic mass is 9.99. The van der Waals surface area contributed by atoms with Gasteiger partial charge in [-0.15, -0.1) is 5.10 Å². The minimum atomic E-state index is -0.183. The fourth-order valence-electron chi connectivity index (χ4n) is 2.96. The number of carbonyl (C=O) groups is 1. The number of nitrogens with zero attached hydrogens (tertiary/aromatic N) is 2. The zero-order valence-electron chi connectivity index (χ0n) is 17.7. The van der Waals surface area contributed by atoms with Gasteiger partial charge in [-0.25, -0.2) is 0 Å². The van der Waals surface area contributed by atoms with Crippen LogP contribution in [0, 0.1) is 13.8 Å². The van der Waals surface area contributed by atoms with E-state index in [2.05, 4.69) is 65.5 Å². The van der Waals surface area contributed by atoms with E-state index in [9.17, 15) is 4.79 Å². The molecule has 0 aliphatic rings. The molecule has 0 bridgehead atoms. The Labute approximate surface area is 173 Å². The maximum absolute atomic E-state index is 11.3. The van der Waals surface area contributed by atoms with E-state index in [1.165, 1.54) is 22.8 Å². The molecule has 0 radical (unpaired) electrons. The standard InChI is InChI=1S/C22H24N4O.C2H6/c1-4-21(27)23-10-11-24-22-19-13-16(3)15(2)12-18(19)20(25-26-22)14-17-8-6-5-7-9-17;1-2/h4-9,12-13H,1,10-11,14H2,2-3H3,(H,23,27)(H,24,26);1-2H3. The Morgan fingerprint density at radius 3 is 2.31 bits per heavy atom. The van der Waals surface area contributed by atoms with Gasteiger partial charge in [-0.05, 0) is 48.7 Å². The fraction of sp³-hybridized carbons (Fsp3) is 0.292. The number of aromatic nitrogens is 2. The molecule has 0 spiro atoms. The van der Waals surface area contributed by atoms with Crippen LogP contribution in [0.2, 0.25) is 0 Å². The maximum Gasteiger partial charge on any atom is 0.243 e. The van der Waals surface area contributed by atoms with Crippen LogP contribution in [0.3, 0.4) is 0 Å². The fourth-order valence-corrected chi connectivity index (χ4v) is 2.96. The van der Waals surface area contributed by atoms with Gasteiger partial charge in [0, 0.05) is 30.3 Å². The molecule has 0 fully saturated rings. The quantitative estimate of drug-likeness (QED) is 0.458. The minimum absolute atomic E-state index is 0.183. The third kappa shape index (κ3) is 5.88. The zero-order chi connectivity index (χ0) is 21.2. The molecular formula is C24H30N4O. The van der Waals surface area contributed by atoms with Crippen LogP contribution in [0.5, 0.6) is 0 Å². The molecule has 1 amide bonds. The molecule has 0 aliphatic heterocycles. The lowest BCUT2D eigenvalue weighted by molar-refractivity contribution is -0.116. The van der Waals surface area contributed by atoms with Gasteiger partial charge in [0.2, 0.25) is 5.91 Å². The Kier molecular flexibility index (Phi) is 8.34. The monoisotopic (exact) mass is 390 g/mol. The molecule has 2 aromatic carbocycles. The van der Waals surface area contributed by atoms with Gasteiger partial charge in [0.1, 0.15) is 0 Å². The lowest BCUT2D eigenvalue weighted by Crippen LogP contribution is -2.27. The van der Waals surface area contributed by atoms with Gasteiger partial charge in [-0.3, -0.25) is 4.79 Å². The van der Waals surface area contributed by atoms with Crippen molar-refractivity contribution in [2.75, 3.05) is 18.4 Å². The Morgan fingerprint density at radius 1 is 1.00 bits per heavy atom. The molecule has 0 saturated heterocycles. The SMILES string of the molecule is C=CC(=O)NCCNc1nnc(Cc2ccccc2)c2cc(C)c(C)cc12.CC. The molecule has 1 aromatic heterocycles. The third-order valence-corrected chi connectivity index (χ3v) is 4.59. The molecule has 0 atom stereocenters. The number of carbonyl (C=O) groups excluding carboxylic acids is 1. The van der Waals surface area contributed by atoms with Crippen molar-refractivity contribution in [1.82, 2.24) is 15.5 Å². The first-order valence-corrected chi connectivity index (χ1v) is 10.0. The van der Waals surface area contributed by atoms with Crippen LogP contribution < -0.4 is 10.6 Å². The van der Waals surface area contributed by atoms with Crippen molar-refractivity contribution in [2.45, 2.75) is 34.1 Å². The predicted molar refractivity (Wildman–Crippen MR) is 121 cm³/mol. The number of benzene rings is 2. The van der Waals surface area contributed by atoms with Gasteiger partial charge in [0.15, 0.2) is 5.82 Å². The number of rotatable bonds is 7. The molecule has 0 aliphatic carbocycles. The van der Waals surface area contributed by atoms with E-state index in [4.69, 9.17) is 0 Å². The first kappa shape index (κ1) is 22.1. The van der Waals surface area contributed by atoms with E-state index in [0.29, 0.717) is 13.1 Å². The van der Waals surface area contributed by atoms with E-state index in [-0.39, 0.29) is 5.91 Å². The Hall–Kier alpha value is -3.21. The van der Waals surface area contributed by atoms with Crippen LogP contribution in [0.1, 0.15) is 36.2 Å². The first-order valence-electron chi connectivity index (χ1n) is 10.0. The summed E-state index contributed by atoms with van der Waals surface area (Å²) < 4.78 is 0. The van der Waals surface area contributed by atoms with Crippen LogP contribution in [0.25, 0.3) is 10.8 Å². The summed E-state index contributed by atoms with van der Waals surface area (Å²) in [5, 5.41) is 17.1. The third-order valence-electron chi connectivity index (χ3n) is 4.59. The molecule has 0 saturated carbocycles. The van der Waals surface area contributed by atoms with E-state index in [1.807, 2.05) is 32.0 Å². The van der Waals surface area contributed by atoms with Crippen molar-refractivity contribution in [3.8, 4) is 0 Å². The molecule has 3 rings (SSSR count). The molecule has 2 N–H and O–H groups in total. The van der Waals surface area contributed by atoms with E-state index >= 15 is 0 Å². The molecule has 5 heteroatoms. The Bertz CT molecular complexity index is 968. The second kappa shape index (κ2) is 11.0. The summed E-state index contributed by atoms with van der Waals surface area (Å²) in [6, 6.07) is 14.6. The van der Waals surface area contributed by atoms with Gasteiger partial charge < -0.3 is 10.6 Å². The molecule has 1 heterocycles. The second-order valence-electron chi connectivity index (χ2n) is 6.56. The Balaban J connectivity index is 0.00000145. The van der Waals surface area contributed by atoms with Crippen LogP contribution >= 0.6 is 0 Å². The first-order chi connectivity index (χ1) is 14.1. The molecule has 3 aromatic rings. The van der Waals surface area contributed by atoms with Crippen molar-refractivity contribution >= 4 is 22.5 Å². The summed E-state index contributed by atoms with van der Waals surface area (Å²) >= 11 is 0. The smallest absolute Gasteiger partial charge is 0.243 e. The molecule has 152 valence electrons. The highest BCUT2D eigenvalue weighted by atomic mass is 16.1. The number of nitrogens with one attached hydrogen (secondary N) is 2. The highest BCUT2D eigenvalue weighted by Gasteiger charge is 2.11. The lowest BCUT2D eigenvalue weighted by Gasteiger charge is -2.13. The largest absolute Gasteiger partial charge is 0.366 e. The number of fused-ring (bicyclic) bond motifs is 1. The van der Waals surface area contributed by atoms with Crippen LogP contribution in [0.4, 0.5) is 5.82 Å². The molecular weight excluding hydrogens is 360 g/mol. The van der Waals surface area contributed by atoms with Gasteiger partial charge >= 0.3 is 0 Å². The normalized spacial score (nSPS) is 10.1. The van der Waals surface area contributed by atoms with Gasteiger partial charge in [0.25, 0.3) is 0 Å². The minimum Gasteiger partial charge on any atom is -0.366 e. The van der Waals surface area contributed by atoms with Crippen LogP contribution in [0.15, 0.2) is 55.1 Å². The number of amides is 1. The van der Waals surface area contributed by atoms with E-state index < -0.39 is 0 Å².